The second kappa shape index (κ2) is 11.5. The third kappa shape index (κ3) is 5.25. The quantitative estimate of drug-likeness (QED) is 0.468. The van der Waals surface area contributed by atoms with E-state index >= 15 is 4.39 Å². The molecule has 204 valence electrons. The van der Waals surface area contributed by atoms with Crippen molar-refractivity contribution in [2.24, 2.45) is 0 Å². The molecular weight excluding hydrogens is 523 g/mol. The molecule has 0 saturated carbocycles. The molecule has 2 unspecified atom stereocenters. The van der Waals surface area contributed by atoms with Crippen LogP contribution in [0.25, 0.3) is 11.3 Å². The molecule has 2 aromatic carbocycles. The summed E-state index contributed by atoms with van der Waals surface area (Å²) < 4.78 is 55.2. The largest absolute Gasteiger partial charge is 0.493 e. The standard InChI is InChI=1S/C26H28F3N5O3.ClH/c1-36-22-6-4-15(12-23(22)37-2)19-13-21(25(28)29)34-24(31-19)14-20(32-34)17-5-3-16(11-18(17)27)26(35)33-9-7-30-8-10-33;/h3-6,11-12,14,19,21,25,30-31H,7-10,13H2,1-2H3;1H. The number of benzene rings is 2. The molecule has 0 spiro atoms. The number of methoxy groups -OCH3 is 2. The van der Waals surface area contributed by atoms with Gasteiger partial charge in [-0.15, -0.1) is 12.4 Å². The van der Waals surface area contributed by atoms with Crippen LogP contribution >= 0.6 is 12.4 Å². The number of aromatic nitrogens is 2. The molecule has 38 heavy (non-hydrogen) atoms. The van der Waals surface area contributed by atoms with Gasteiger partial charge < -0.3 is 25.0 Å². The summed E-state index contributed by atoms with van der Waals surface area (Å²) in [6.07, 6.45) is -2.61. The van der Waals surface area contributed by atoms with E-state index in [4.69, 9.17) is 9.47 Å². The lowest BCUT2D eigenvalue weighted by Gasteiger charge is -2.32. The van der Waals surface area contributed by atoms with Gasteiger partial charge >= 0.3 is 0 Å². The van der Waals surface area contributed by atoms with Crippen LogP contribution in [0.4, 0.5) is 19.0 Å². The molecule has 0 aliphatic carbocycles. The molecule has 0 radical (unpaired) electrons. The van der Waals surface area contributed by atoms with Gasteiger partial charge in [0, 0.05) is 43.4 Å². The number of piperazine rings is 1. The van der Waals surface area contributed by atoms with Gasteiger partial charge in [-0.2, -0.15) is 5.10 Å². The van der Waals surface area contributed by atoms with Gasteiger partial charge in [-0.1, -0.05) is 6.07 Å². The fourth-order valence-electron chi connectivity index (χ4n) is 4.87. The number of nitrogens with zero attached hydrogens (tertiary/aromatic N) is 3. The lowest BCUT2D eigenvalue weighted by molar-refractivity contribution is 0.0659. The van der Waals surface area contributed by atoms with Crippen LogP contribution in [0.1, 0.15) is 34.4 Å². The first kappa shape index (κ1) is 27.6. The zero-order valence-electron chi connectivity index (χ0n) is 20.9. The summed E-state index contributed by atoms with van der Waals surface area (Å²) in [4.78, 5) is 14.4. The van der Waals surface area contributed by atoms with Gasteiger partial charge in [0.1, 0.15) is 17.7 Å². The van der Waals surface area contributed by atoms with Gasteiger partial charge in [-0.25, -0.2) is 17.9 Å². The van der Waals surface area contributed by atoms with E-state index in [1.165, 1.54) is 31.0 Å². The second-order valence-corrected chi connectivity index (χ2v) is 9.05. The van der Waals surface area contributed by atoms with Crippen molar-refractivity contribution in [1.82, 2.24) is 20.0 Å². The summed E-state index contributed by atoms with van der Waals surface area (Å²) in [6, 6.07) is 9.37. The number of anilines is 1. The first-order valence-corrected chi connectivity index (χ1v) is 12.1. The Labute approximate surface area is 224 Å². The Morgan fingerprint density at radius 1 is 1.05 bits per heavy atom. The maximum atomic E-state index is 15.2. The van der Waals surface area contributed by atoms with Gasteiger partial charge in [0.25, 0.3) is 12.3 Å². The summed E-state index contributed by atoms with van der Waals surface area (Å²) in [5.74, 6) is 0.503. The van der Waals surface area contributed by atoms with Crippen LogP contribution < -0.4 is 20.1 Å². The van der Waals surface area contributed by atoms with E-state index < -0.39 is 24.3 Å². The molecule has 2 atom stereocenters. The molecule has 3 heterocycles. The highest BCUT2D eigenvalue weighted by Crippen LogP contribution is 2.41. The van der Waals surface area contributed by atoms with Crippen molar-refractivity contribution in [2.45, 2.75) is 24.9 Å². The van der Waals surface area contributed by atoms with Crippen LogP contribution in [0.2, 0.25) is 0 Å². The SMILES string of the molecule is COc1ccc(C2CC(C(F)F)n3nc(-c4ccc(C(=O)N5CCNCC5)cc4F)cc3N2)cc1OC.Cl. The molecule has 5 rings (SSSR count). The number of rotatable bonds is 6. The van der Waals surface area contributed by atoms with Crippen LogP contribution in [0, 0.1) is 5.82 Å². The van der Waals surface area contributed by atoms with Crippen molar-refractivity contribution >= 4 is 24.1 Å². The molecule has 1 amide bonds. The monoisotopic (exact) mass is 551 g/mol. The Morgan fingerprint density at radius 3 is 2.45 bits per heavy atom. The zero-order valence-corrected chi connectivity index (χ0v) is 21.7. The van der Waals surface area contributed by atoms with Crippen LogP contribution in [0.15, 0.2) is 42.5 Å². The number of fused-ring (bicyclic) bond motifs is 1. The third-order valence-electron chi connectivity index (χ3n) is 6.85. The van der Waals surface area contributed by atoms with Gasteiger partial charge in [0.15, 0.2) is 11.5 Å². The number of ether oxygens (including phenoxy) is 2. The van der Waals surface area contributed by atoms with Crippen molar-refractivity contribution in [1.29, 1.82) is 0 Å². The van der Waals surface area contributed by atoms with Gasteiger partial charge in [0.05, 0.1) is 26.0 Å². The Hall–Kier alpha value is -3.44. The molecular formula is C26H29ClF3N5O3. The van der Waals surface area contributed by atoms with Crippen molar-refractivity contribution in [3.63, 3.8) is 0 Å². The van der Waals surface area contributed by atoms with Crippen molar-refractivity contribution in [3.8, 4) is 22.8 Å². The lowest BCUT2D eigenvalue weighted by atomic mass is 9.97. The highest BCUT2D eigenvalue weighted by molar-refractivity contribution is 5.94. The number of hydrogen-bond acceptors (Lipinski definition) is 6. The topological polar surface area (TPSA) is 80.7 Å². The van der Waals surface area contributed by atoms with Crippen LogP contribution in [0.3, 0.4) is 0 Å². The fourth-order valence-corrected chi connectivity index (χ4v) is 4.87. The van der Waals surface area contributed by atoms with Gasteiger partial charge in [-0.3, -0.25) is 4.79 Å². The minimum absolute atomic E-state index is 0. The Kier molecular flexibility index (Phi) is 8.37. The molecule has 3 aromatic rings. The van der Waals surface area contributed by atoms with Crippen molar-refractivity contribution < 1.29 is 27.4 Å². The van der Waals surface area contributed by atoms with E-state index in [0.29, 0.717) is 43.5 Å². The summed E-state index contributed by atoms with van der Waals surface area (Å²) in [7, 11) is 3.03. The number of hydrogen-bond donors (Lipinski definition) is 2. The number of alkyl halides is 2. The van der Waals surface area contributed by atoms with E-state index in [2.05, 4.69) is 15.7 Å². The first-order chi connectivity index (χ1) is 17.9. The zero-order chi connectivity index (χ0) is 26.1. The summed E-state index contributed by atoms with van der Waals surface area (Å²) in [5, 5.41) is 10.7. The van der Waals surface area contributed by atoms with E-state index in [0.717, 1.165) is 5.56 Å². The van der Waals surface area contributed by atoms with Gasteiger partial charge in [0.2, 0.25) is 0 Å². The molecule has 8 nitrogen and oxygen atoms in total. The van der Waals surface area contributed by atoms with E-state index in [-0.39, 0.29) is 41.6 Å². The Balaban J connectivity index is 0.00000336. The summed E-state index contributed by atoms with van der Waals surface area (Å²) >= 11 is 0. The summed E-state index contributed by atoms with van der Waals surface area (Å²) in [5.41, 5.74) is 1.33. The maximum absolute atomic E-state index is 15.2. The van der Waals surface area contributed by atoms with E-state index in [1.54, 1.807) is 35.2 Å². The molecule has 2 N–H and O–H groups in total. The number of carbonyl (C=O) groups excluding carboxylic acids is 1. The average Bonchev–Trinajstić information content (AvgIpc) is 3.35. The average molecular weight is 552 g/mol. The fraction of sp³-hybridized carbons (Fsp3) is 0.385. The van der Waals surface area contributed by atoms with Crippen LogP contribution in [0.5, 0.6) is 11.5 Å². The normalized spacial score (nSPS) is 18.8. The first-order valence-electron chi connectivity index (χ1n) is 12.1. The smallest absolute Gasteiger partial charge is 0.260 e. The molecule has 1 aromatic heterocycles. The third-order valence-corrected chi connectivity index (χ3v) is 6.85. The van der Waals surface area contributed by atoms with E-state index in [9.17, 15) is 13.6 Å². The molecule has 1 saturated heterocycles. The highest BCUT2D eigenvalue weighted by atomic mass is 35.5. The molecule has 2 aliphatic rings. The molecule has 1 fully saturated rings. The minimum Gasteiger partial charge on any atom is -0.493 e. The predicted octanol–water partition coefficient (Wildman–Crippen LogP) is 4.54. The molecule has 2 aliphatic heterocycles. The number of amides is 1. The maximum Gasteiger partial charge on any atom is 0.260 e. The lowest BCUT2D eigenvalue weighted by Crippen LogP contribution is -2.46. The molecule has 0 bridgehead atoms. The summed E-state index contributed by atoms with van der Waals surface area (Å²) in [6.45, 7) is 2.49. The van der Waals surface area contributed by atoms with Gasteiger partial charge in [-0.05, 0) is 42.3 Å². The number of nitrogens with one attached hydrogen (secondary N) is 2. The van der Waals surface area contributed by atoms with Crippen molar-refractivity contribution in [3.05, 3.63) is 59.4 Å². The predicted molar refractivity (Wildman–Crippen MR) is 139 cm³/mol. The Bertz CT molecular complexity index is 1300. The molecule has 12 heteroatoms. The number of halogens is 4. The van der Waals surface area contributed by atoms with Crippen LogP contribution in [-0.4, -0.2) is 67.4 Å². The minimum atomic E-state index is -2.68. The van der Waals surface area contributed by atoms with Crippen LogP contribution in [-0.2, 0) is 0 Å². The number of carbonyl (C=O) groups is 1. The Morgan fingerprint density at radius 2 is 1.79 bits per heavy atom. The van der Waals surface area contributed by atoms with E-state index in [1.807, 2.05) is 0 Å². The highest BCUT2D eigenvalue weighted by Gasteiger charge is 2.35. The van der Waals surface area contributed by atoms with Crippen molar-refractivity contribution in [2.75, 3.05) is 45.7 Å². The second-order valence-electron chi connectivity index (χ2n) is 9.05.